The molecule has 1 N–H and O–H groups in total. The third-order valence-electron chi connectivity index (χ3n) is 3.47. The summed E-state index contributed by atoms with van der Waals surface area (Å²) in [6.07, 6.45) is 3.15. The molecule has 2 aromatic rings. The predicted molar refractivity (Wildman–Crippen MR) is 78.1 cm³/mol. The fourth-order valence-corrected chi connectivity index (χ4v) is 3.16. The molecule has 1 aliphatic rings. The Balaban J connectivity index is 2.11. The molecule has 0 atom stereocenters. The molecule has 1 aliphatic carbocycles. The number of nitrogens with one attached hydrogen (secondary N) is 1. The zero-order valence-corrected chi connectivity index (χ0v) is 12.9. The molecule has 102 valence electrons. The van der Waals surface area contributed by atoms with Gasteiger partial charge in [-0.2, -0.15) is 0 Å². The van der Waals surface area contributed by atoms with Crippen molar-refractivity contribution in [1.82, 2.24) is 5.32 Å². The third kappa shape index (κ3) is 2.41. The van der Waals surface area contributed by atoms with E-state index in [1.165, 1.54) is 12.8 Å². The molecule has 2 nitrogen and oxygen atoms in total. The Hall–Kier alpha value is -0.580. The largest absolute Gasteiger partial charge is 0.458 e. The second kappa shape index (κ2) is 5.08. The molecule has 1 saturated carbocycles. The first-order chi connectivity index (χ1) is 9.11. The number of hydrogen-bond donors (Lipinski definition) is 1. The highest BCUT2D eigenvalue weighted by Crippen LogP contribution is 2.37. The van der Waals surface area contributed by atoms with Crippen molar-refractivity contribution in [1.29, 1.82) is 0 Å². The summed E-state index contributed by atoms with van der Waals surface area (Å²) < 4.78 is 20.7. The minimum Gasteiger partial charge on any atom is -0.458 e. The maximum Gasteiger partial charge on any atom is 0.153 e. The lowest BCUT2D eigenvalue weighted by atomic mass is 10.1. The van der Waals surface area contributed by atoms with Crippen molar-refractivity contribution in [3.63, 3.8) is 0 Å². The Bertz CT molecular complexity index is 636. The zero-order valence-electron chi connectivity index (χ0n) is 10.5. The molecule has 19 heavy (non-hydrogen) atoms. The van der Waals surface area contributed by atoms with Crippen LogP contribution in [-0.4, -0.2) is 6.04 Å². The first-order valence-corrected chi connectivity index (χ1v) is 7.60. The molecular weight excluding hydrogens is 333 g/mol. The first-order valence-electron chi connectivity index (χ1n) is 6.43. The molecule has 3 rings (SSSR count). The van der Waals surface area contributed by atoms with E-state index in [2.05, 4.69) is 21.2 Å². The Morgan fingerprint density at radius 3 is 2.89 bits per heavy atom. The van der Waals surface area contributed by atoms with E-state index < -0.39 is 5.82 Å². The van der Waals surface area contributed by atoms with Gasteiger partial charge in [0.15, 0.2) is 11.4 Å². The summed E-state index contributed by atoms with van der Waals surface area (Å²) in [5.74, 6) is 0.421. The lowest BCUT2D eigenvalue weighted by Crippen LogP contribution is -2.15. The highest BCUT2D eigenvalue weighted by molar-refractivity contribution is 9.10. The minimum absolute atomic E-state index is 0.122. The van der Waals surface area contributed by atoms with E-state index in [-0.39, 0.29) is 5.02 Å². The quantitative estimate of drug-likeness (QED) is 0.804. The Kier molecular flexibility index (Phi) is 3.58. The molecule has 0 radical (unpaired) electrons. The Morgan fingerprint density at radius 1 is 1.53 bits per heavy atom. The molecule has 1 fully saturated rings. The maximum absolute atomic E-state index is 14.2. The molecule has 0 aliphatic heterocycles. The third-order valence-corrected chi connectivity index (χ3v) is 4.34. The molecule has 0 unspecified atom stereocenters. The van der Waals surface area contributed by atoms with Crippen LogP contribution in [0.3, 0.4) is 0 Å². The van der Waals surface area contributed by atoms with Crippen molar-refractivity contribution < 1.29 is 8.81 Å². The molecule has 0 bridgehead atoms. The smallest absolute Gasteiger partial charge is 0.153 e. The van der Waals surface area contributed by atoms with Crippen molar-refractivity contribution in [2.24, 2.45) is 0 Å². The normalized spacial score (nSPS) is 15.4. The SMILES string of the molecule is CCc1c(CNC2CC2)oc2c(Br)cc(Cl)c(F)c12. The monoisotopic (exact) mass is 345 g/mol. The van der Waals surface area contributed by atoms with Gasteiger partial charge >= 0.3 is 0 Å². The number of halogens is 3. The van der Waals surface area contributed by atoms with Crippen molar-refractivity contribution in [2.45, 2.75) is 38.8 Å². The average Bonchev–Trinajstić information content (AvgIpc) is 3.13. The number of aryl methyl sites for hydroxylation is 1. The number of benzene rings is 1. The fourth-order valence-electron chi connectivity index (χ4n) is 2.31. The summed E-state index contributed by atoms with van der Waals surface area (Å²) >= 11 is 9.29. The van der Waals surface area contributed by atoms with E-state index in [0.29, 0.717) is 28.0 Å². The molecular formula is C14H14BrClFNO. The summed E-state index contributed by atoms with van der Waals surface area (Å²) in [6.45, 7) is 2.64. The van der Waals surface area contributed by atoms with Gasteiger partial charge in [0.1, 0.15) is 5.76 Å². The van der Waals surface area contributed by atoms with Crippen molar-refractivity contribution in [3.05, 3.63) is 32.7 Å². The summed E-state index contributed by atoms with van der Waals surface area (Å²) in [5.41, 5.74) is 1.45. The standard InChI is InChI=1S/C14H14BrClFNO/c1-2-8-11(6-18-7-3-4-7)19-14-9(15)5-10(16)13(17)12(8)14/h5,7,18H,2-4,6H2,1H3. The van der Waals surface area contributed by atoms with Crippen LogP contribution in [0.15, 0.2) is 15.0 Å². The Labute approximate surface area is 124 Å². The fraction of sp³-hybridized carbons (Fsp3) is 0.429. The van der Waals surface area contributed by atoms with Gasteiger partial charge in [-0.25, -0.2) is 4.39 Å². The second-order valence-corrected chi connectivity index (χ2v) is 6.13. The highest BCUT2D eigenvalue weighted by atomic mass is 79.9. The van der Waals surface area contributed by atoms with Gasteiger partial charge in [0.25, 0.3) is 0 Å². The van der Waals surface area contributed by atoms with Crippen LogP contribution < -0.4 is 5.32 Å². The molecule has 1 heterocycles. The van der Waals surface area contributed by atoms with Gasteiger partial charge in [-0.15, -0.1) is 0 Å². The predicted octanol–water partition coefficient (Wildman–Crippen LogP) is 4.80. The molecule has 0 saturated heterocycles. The van der Waals surface area contributed by atoms with E-state index in [4.69, 9.17) is 16.0 Å². The van der Waals surface area contributed by atoms with Gasteiger partial charge < -0.3 is 9.73 Å². The topological polar surface area (TPSA) is 25.2 Å². The van der Waals surface area contributed by atoms with Gasteiger partial charge in [0.2, 0.25) is 0 Å². The number of hydrogen-bond acceptors (Lipinski definition) is 2. The van der Waals surface area contributed by atoms with Crippen LogP contribution in [0.4, 0.5) is 4.39 Å². The molecule has 0 spiro atoms. The average molecular weight is 347 g/mol. The summed E-state index contributed by atoms with van der Waals surface area (Å²) in [6, 6.07) is 2.13. The van der Waals surface area contributed by atoms with Gasteiger partial charge in [-0.05, 0) is 41.3 Å². The van der Waals surface area contributed by atoms with Crippen LogP contribution in [0.2, 0.25) is 5.02 Å². The summed E-state index contributed by atoms with van der Waals surface area (Å²) in [4.78, 5) is 0. The van der Waals surface area contributed by atoms with Gasteiger partial charge in [-0.3, -0.25) is 0 Å². The highest BCUT2D eigenvalue weighted by Gasteiger charge is 2.24. The van der Waals surface area contributed by atoms with Crippen LogP contribution >= 0.6 is 27.5 Å². The van der Waals surface area contributed by atoms with E-state index in [0.717, 1.165) is 17.7 Å². The van der Waals surface area contributed by atoms with Crippen LogP contribution in [0.1, 0.15) is 31.1 Å². The van der Waals surface area contributed by atoms with Crippen LogP contribution in [0.25, 0.3) is 11.0 Å². The lowest BCUT2D eigenvalue weighted by molar-refractivity contribution is 0.506. The van der Waals surface area contributed by atoms with Crippen LogP contribution in [-0.2, 0) is 13.0 Å². The molecule has 0 amide bonds. The summed E-state index contributed by atoms with van der Waals surface area (Å²) in [7, 11) is 0. The first kappa shape index (κ1) is 13.4. The molecule has 1 aromatic heterocycles. The second-order valence-electron chi connectivity index (χ2n) is 4.87. The van der Waals surface area contributed by atoms with E-state index in [1.54, 1.807) is 6.07 Å². The van der Waals surface area contributed by atoms with Crippen LogP contribution in [0, 0.1) is 5.82 Å². The van der Waals surface area contributed by atoms with Gasteiger partial charge in [0, 0.05) is 11.6 Å². The van der Waals surface area contributed by atoms with Crippen molar-refractivity contribution >= 4 is 38.5 Å². The lowest BCUT2D eigenvalue weighted by Gasteiger charge is -2.02. The van der Waals surface area contributed by atoms with E-state index in [1.807, 2.05) is 6.92 Å². The summed E-state index contributed by atoms with van der Waals surface area (Å²) in [5, 5.41) is 4.03. The van der Waals surface area contributed by atoms with Crippen molar-refractivity contribution in [3.8, 4) is 0 Å². The van der Waals surface area contributed by atoms with E-state index >= 15 is 0 Å². The van der Waals surface area contributed by atoms with Crippen LogP contribution in [0.5, 0.6) is 0 Å². The minimum atomic E-state index is -0.391. The van der Waals surface area contributed by atoms with Gasteiger partial charge in [-0.1, -0.05) is 18.5 Å². The molecule has 5 heteroatoms. The zero-order chi connectivity index (χ0) is 13.6. The Morgan fingerprint density at radius 2 is 2.26 bits per heavy atom. The number of fused-ring (bicyclic) bond motifs is 1. The maximum atomic E-state index is 14.2. The number of rotatable bonds is 4. The van der Waals surface area contributed by atoms with Crippen molar-refractivity contribution in [2.75, 3.05) is 0 Å². The number of furan rings is 1. The molecule has 1 aromatic carbocycles. The van der Waals surface area contributed by atoms with E-state index in [9.17, 15) is 4.39 Å². The van der Waals surface area contributed by atoms with Gasteiger partial charge in [0.05, 0.1) is 21.4 Å².